The Morgan fingerprint density at radius 2 is 2.55 bits per heavy atom. The molecule has 1 atom stereocenters. The van der Waals surface area contributed by atoms with Gasteiger partial charge in [-0.05, 0) is 26.4 Å². The summed E-state index contributed by atoms with van der Waals surface area (Å²) >= 11 is 2.10. The van der Waals surface area contributed by atoms with E-state index in [0.717, 1.165) is 11.8 Å². The van der Waals surface area contributed by atoms with E-state index in [1.807, 2.05) is 7.05 Å². The van der Waals surface area contributed by atoms with Gasteiger partial charge in [0.2, 0.25) is 0 Å². The van der Waals surface area contributed by atoms with E-state index in [1.54, 1.807) is 0 Å². The van der Waals surface area contributed by atoms with Gasteiger partial charge in [-0.1, -0.05) is 0 Å². The van der Waals surface area contributed by atoms with E-state index >= 15 is 0 Å². The van der Waals surface area contributed by atoms with Gasteiger partial charge in [0.05, 0.1) is 0 Å². The Labute approximate surface area is 73.5 Å². The normalized spacial score (nSPS) is 25.4. The number of hydrogen-bond donors (Lipinski definition) is 2. The molecule has 0 amide bonds. The number of thioether (sulfide) groups is 1. The lowest BCUT2D eigenvalue weighted by Gasteiger charge is -2.21. The van der Waals surface area contributed by atoms with Crippen LogP contribution in [-0.2, 0) is 0 Å². The number of nitrogens with one attached hydrogen (secondary N) is 2. The minimum Gasteiger partial charge on any atom is -0.319 e. The van der Waals surface area contributed by atoms with Crippen LogP contribution in [0.3, 0.4) is 0 Å². The fraction of sp³-hybridized carbons (Fsp3) is 1.00. The van der Waals surface area contributed by atoms with Gasteiger partial charge in [0.25, 0.3) is 0 Å². The van der Waals surface area contributed by atoms with Gasteiger partial charge in [-0.3, -0.25) is 0 Å². The molecular formula is C8H18N2S. The van der Waals surface area contributed by atoms with Crippen molar-refractivity contribution in [2.24, 2.45) is 0 Å². The third-order valence-electron chi connectivity index (χ3n) is 1.96. The second kappa shape index (κ2) is 5.86. The Morgan fingerprint density at radius 3 is 3.18 bits per heavy atom. The predicted octanol–water partition coefficient (Wildman–Crippen LogP) is 0.691. The molecule has 0 radical (unpaired) electrons. The highest BCUT2D eigenvalue weighted by atomic mass is 32.2. The third kappa shape index (κ3) is 3.99. The Morgan fingerprint density at radius 1 is 1.64 bits per heavy atom. The Hall–Kier alpha value is 0.270. The van der Waals surface area contributed by atoms with Gasteiger partial charge in [-0.15, -0.1) is 0 Å². The maximum atomic E-state index is 3.42. The zero-order chi connectivity index (χ0) is 7.94. The molecule has 0 aliphatic carbocycles. The Kier molecular flexibility index (Phi) is 4.99. The van der Waals surface area contributed by atoms with Crippen molar-refractivity contribution in [3.05, 3.63) is 0 Å². The van der Waals surface area contributed by atoms with E-state index in [1.165, 1.54) is 31.7 Å². The molecule has 1 rings (SSSR count). The molecule has 66 valence electrons. The van der Waals surface area contributed by atoms with Gasteiger partial charge in [-0.25, -0.2) is 0 Å². The number of piperidine rings is 1. The minimum atomic E-state index is 0.872. The van der Waals surface area contributed by atoms with Gasteiger partial charge in [0, 0.05) is 24.1 Å². The summed E-state index contributed by atoms with van der Waals surface area (Å²) in [7, 11) is 2.01. The zero-order valence-corrected chi connectivity index (χ0v) is 8.04. The van der Waals surface area contributed by atoms with Crippen molar-refractivity contribution in [2.45, 2.75) is 18.1 Å². The van der Waals surface area contributed by atoms with Crippen molar-refractivity contribution in [3.63, 3.8) is 0 Å². The Bertz CT molecular complexity index is 92.1. The second-order valence-corrected chi connectivity index (χ2v) is 4.35. The van der Waals surface area contributed by atoms with E-state index in [2.05, 4.69) is 22.4 Å². The quantitative estimate of drug-likeness (QED) is 0.613. The topological polar surface area (TPSA) is 24.1 Å². The lowest BCUT2D eigenvalue weighted by atomic mass is 10.2. The van der Waals surface area contributed by atoms with Crippen molar-refractivity contribution >= 4 is 11.8 Å². The smallest absolute Gasteiger partial charge is 0.0173 e. The van der Waals surface area contributed by atoms with E-state index < -0.39 is 0 Å². The van der Waals surface area contributed by atoms with E-state index in [-0.39, 0.29) is 0 Å². The van der Waals surface area contributed by atoms with Crippen LogP contribution in [0.2, 0.25) is 0 Å². The molecule has 0 aromatic heterocycles. The highest BCUT2D eigenvalue weighted by Gasteiger charge is 2.11. The molecule has 11 heavy (non-hydrogen) atoms. The highest BCUT2D eigenvalue weighted by Crippen LogP contribution is 2.17. The summed E-state index contributed by atoms with van der Waals surface area (Å²) in [6.45, 7) is 3.58. The average Bonchev–Trinajstić information content (AvgIpc) is 2.07. The second-order valence-electron chi connectivity index (χ2n) is 2.94. The van der Waals surface area contributed by atoms with Crippen LogP contribution in [0, 0.1) is 0 Å². The summed E-state index contributed by atoms with van der Waals surface area (Å²) < 4.78 is 0. The summed E-state index contributed by atoms with van der Waals surface area (Å²) in [5, 5.41) is 7.46. The number of hydrogen-bond acceptors (Lipinski definition) is 3. The van der Waals surface area contributed by atoms with Crippen LogP contribution < -0.4 is 10.6 Å². The fourth-order valence-corrected chi connectivity index (χ4v) is 2.51. The molecule has 1 heterocycles. The first kappa shape index (κ1) is 9.36. The van der Waals surface area contributed by atoms with Crippen molar-refractivity contribution in [2.75, 3.05) is 32.4 Å². The summed E-state index contributed by atoms with van der Waals surface area (Å²) in [5.74, 6) is 1.25. The first-order valence-corrected chi connectivity index (χ1v) is 5.45. The molecule has 0 saturated carbocycles. The molecule has 1 aliphatic rings. The van der Waals surface area contributed by atoms with Crippen LogP contribution in [0.5, 0.6) is 0 Å². The summed E-state index contributed by atoms with van der Waals surface area (Å²) in [6.07, 6.45) is 2.76. The molecule has 1 saturated heterocycles. The molecule has 2 N–H and O–H groups in total. The molecule has 0 spiro atoms. The zero-order valence-electron chi connectivity index (χ0n) is 7.23. The summed E-state index contributed by atoms with van der Waals surface area (Å²) in [5.41, 5.74) is 0. The molecule has 1 fully saturated rings. The van der Waals surface area contributed by atoms with Crippen LogP contribution in [0.4, 0.5) is 0 Å². The lowest BCUT2D eigenvalue weighted by Crippen LogP contribution is -2.32. The predicted molar refractivity (Wildman–Crippen MR) is 52.3 cm³/mol. The van der Waals surface area contributed by atoms with Crippen LogP contribution in [-0.4, -0.2) is 37.7 Å². The standard InChI is InChI=1S/C8H18N2S/c1-9-5-6-11-8-3-2-4-10-7-8/h8-10H,2-7H2,1H3. The maximum absolute atomic E-state index is 3.42. The van der Waals surface area contributed by atoms with Gasteiger partial charge >= 0.3 is 0 Å². The van der Waals surface area contributed by atoms with Gasteiger partial charge < -0.3 is 10.6 Å². The monoisotopic (exact) mass is 174 g/mol. The third-order valence-corrected chi connectivity index (χ3v) is 3.27. The molecule has 3 heteroatoms. The molecule has 1 unspecified atom stereocenters. The minimum absolute atomic E-state index is 0.872. The summed E-state index contributed by atoms with van der Waals surface area (Å²) in [4.78, 5) is 0. The Balaban J connectivity index is 1.96. The van der Waals surface area contributed by atoms with Gasteiger partial charge in [0.1, 0.15) is 0 Å². The molecule has 0 aromatic rings. The SMILES string of the molecule is CNCCSC1CCCNC1. The van der Waals surface area contributed by atoms with Crippen molar-refractivity contribution < 1.29 is 0 Å². The van der Waals surface area contributed by atoms with Gasteiger partial charge in [0.15, 0.2) is 0 Å². The van der Waals surface area contributed by atoms with Crippen LogP contribution in [0.1, 0.15) is 12.8 Å². The molecule has 2 nitrogen and oxygen atoms in total. The van der Waals surface area contributed by atoms with E-state index in [0.29, 0.717) is 0 Å². The first-order chi connectivity index (χ1) is 5.43. The lowest BCUT2D eigenvalue weighted by molar-refractivity contribution is 0.531. The molecule has 1 aliphatic heterocycles. The highest BCUT2D eigenvalue weighted by molar-refractivity contribution is 7.99. The van der Waals surface area contributed by atoms with E-state index in [9.17, 15) is 0 Å². The fourth-order valence-electron chi connectivity index (χ4n) is 1.29. The maximum Gasteiger partial charge on any atom is 0.0173 e. The van der Waals surface area contributed by atoms with Crippen LogP contribution in [0.15, 0.2) is 0 Å². The summed E-state index contributed by atoms with van der Waals surface area (Å²) in [6, 6.07) is 0. The average molecular weight is 174 g/mol. The first-order valence-electron chi connectivity index (χ1n) is 4.40. The van der Waals surface area contributed by atoms with Gasteiger partial charge in [-0.2, -0.15) is 11.8 Å². The van der Waals surface area contributed by atoms with Crippen molar-refractivity contribution in [1.82, 2.24) is 10.6 Å². The van der Waals surface area contributed by atoms with Crippen LogP contribution in [0.25, 0.3) is 0 Å². The van der Waals surface area contributed by atoms with Crippen molar-refractivity contribution in [1.29, 1.82) is 0 Å². The number of rotatable bonds is 4. The van der Waals surface area contributed by atoms with E-state index in [4.69, 9.17) is 0 Å². The van der Waals surface area contributed by atoms with Crippen molar-refractivity contribution in [3.8, 4) is 0 Å². The molecule has 0 bridgehead atoms. The molecule has 0 aromatic carbocycles. The van der Waals surface area contributed by atoms with Crippen LogP contribution >= 0.6 is 11.8 Å². The largest absolute Gasteiger partial charge is 0.319 e. The molecular weight excluding hydrogens is 156 g/mol.